The summed E-state index contributed by atoms with van der Waals surface area (Å²) in [6.07, 6.45) is 2.57. The lowest BCUT2D eigenvalue weighted by Gasteiger charge is -2.24. The third kappa shape index (κ3) is 3.52. The topological polar surface area (TPSA) is 37.4 Å². The van der Waals surface area contributed by atoms with E-state index >= 15 is 0 Å². The molecule has 0 bridgehead atoms. The third-order valence-corrected chi connectivity index (χ3v) is 8.06. The average Bonchev–Trinajstić information content (AvgIpc) is 3.26. The highest BCUT2D eigenvalue weighted by atomic mass is 32.2. The number of rotatable bonds is 5. The zero-order chi connectivity index (χ0) is 16.4. The molecule has 0 radical (unpaired) electrons. The monoisotopic (exact) mass is 349 g/mol. The minimum Gasteiger partial charge on any atom is -0.297 e. The van der Waals surface area contributed by atoms with E-state index in [9.17, 15) is 8.42 Å². The molecule has 1 aromatic heterocycles. The summed E-state index contributed by atoms with van der Waals surface area (Å²) in [5, 5.41) is 0. The lowest BCUT2D eigenvalue weighted by Crippen LogP contribution is -2.23. The molecular formula is C18H23NO2S2. The van der Waals surface area contributed by atoms with Gasteiger partial charge in [0, 0.05) is 10.9 Å². The average molecular weight is 350 g/mol. The van der Waals surface area contributed by atoms with Gasteiger partial charge in [-0.15, -0.1) is 11.3 Å². The molecule has 2 aromatic rings. The Morgan fingerprint density at radius 3 is 2.61 bits per heavy atom. The van der Waals surface area contributed by atoms with Crippen LogP contribution < -0.4 is 0 Å². The van der Waals surface area contributed by atoms with Gasteiger partial charge in [0.2, 0.25) is 0 Å². The molecule has 23 heavy (non-hydrogen) atoms. The predicted molar refractivity (Wildman–Crippen MR) is 96.7 cm³/mol. The molecule has 0 amide bonds. The van der Waals surface area contributed by atoms with E-state index < -0.39 is 9.84 Å². The van der Waals surface area contributed by atoms with E-state index in [-0.39, 0.29) is 5.75 Å². The summed E-state index contributed by atoms with van der Waals surface area (Å²) in [7, 11) is -3.11. The minimum atomic E-state index is -3.11. The Labute approximate surface area is 142 Å². The van der Waals surface area contributed by atoms with Crippen LogP contribution in [0.25, 0.3) is 10.4 Å². The number of benzene rings is 1. The molecule has 0 unspecified atom stereocenters. The van der Waals surface area contributed by atoms with Crippen molar-refractivity contribution < 1.29 is 8.42 Å². The van der Waals surface area contributed by atoms with Crippen LogP contribution in [0.2, 0.25) is 0 Å². The van der Waals surface area contributed by atoms with E-state index in [1.165, 1.54) is 42.8 Å². The molecule has 0 aliphatic carbocycles. The van der Waals surface area contributed by atoms with Crippen molar-refractivity contribution in [2.24, 2.45) is 0 Å². The lowest BCUT2D eigenvalue weighted by molar-refractivity contribution is 0.263. The molecular weight excluding hydrogens is 326 g/mol. The maximum Gasteiger partial charge on any atom is 0.187 e. The molecule has 1 saturated heterocycles. The molecule has 0 saturated carbocycles. The summed E-state index contributed by atoms with van der Waals surface area (Å²) in [4.78, 5) is 3.54. The second-order valence-corrected chi connectivity index (χ2v) is 9.66. The molecule has 1 atom stereocenters. The van der Waals surface area contributed by atoms with Crippen molar-refractivity contribution in [1.82, 2.24) is 4.90 Å². The van der Waals surface area contributed by atoms with Crippen LogP contribution in [0.15, 0.2) is 40.6 Å². The largest absolute Gasteiger partial charge is 0.297 e. The zero-order valence-electron chi connectivity index (χ0n) is 13.7. The first-order valence-electron chi connectivity index (χ1n) is 8.18. The van der Waals surface area contributed by atoms with E-state index in [0.29, 0.717) is 10.3 Å². The van der Waals surface area contributed by atoms with Crippen molar-refractivity contribution in [3.8, 4) is 10.4 Å². The Balaban J connectivity index is 1.88. The predicted octanol–water partition coefficient (Wildman–Crippen LogP) is 4.37. The van der Waals surface area contributed by atoms with Gasteiger partial charge in [0.15, 0.2) is 9.84 Å². The van der Waals surface area contributed by atoms with Crippen LogP contribution in [0.1, 0.15) is 38.3 Å². The van der Waals surface area contributed by atoms with Crippen LogP contribution in [-0.2, 0) is 9.84 Å². The smallest absolute Gasteiger partial charge is 0.187 e. The van der Waals surface area contributed by atoms with Crippen molar-refractivity contribution in [3.05, 3.63) is 42.0 Å². The molecule has 1 aliphatic rings. The van der Waals surface area contributed by atoms with Crippen molar-refractivity contribution in [2.75, 3.05) is 18.8 Å². The van der Waals surface area contributed by atoms with E-state index in [2.05, 4.69) is 36.1 Å². The first-order valence-corrected chi connectivity index (χ1v) is 10.6. The molecule has 3 rings (SSSR count). The standard InChI is InChI=1S/C18H23NO2S2/c1-3-23(20,21)18-10-9-17(22-18)16-8-6-7-15(13-16)14(2)19-11-4-5-12-19/h6-10,13-14H,3-5,11-12H2,1-2H3/t14-/m1/s1. The molecule has 124 valence electrons. The molecule has 2 heterocycles. The summed E-state index contributed by atoms with van der Waals surface area (Å²) >= 11 is 1.37. The van der Waals surface area contributed by atoms with Crippen LogP contribution in [0.4, 0.5) is 0 Å². The molecule has 0 spiro atoms. The highest BCUT2D eigenvalue weighted by molar-refractivity contribution is 7.93. The maximum absolute atomic E-state index is 12.0. The van der Waals surface area contributed by atoms with Gasteiger partial charge in [0.05, 0.1) is 5.75 Å². The quantitative estimate of drug-likeness (QED) is 0.804. The van der Waals surface area contributed by atoms with Gasteiger partial charge in [-0.05, 0) is 62.2 Å². The number of hydrogen-bond acceptors (Lipinski definition) is 4. The molecule has 3 nitrogen and oxygen atoms in total. The van der Waals surface area contributed by atoms with Crippen LogP contribution in [0.3, 0.4) is 0 Å². The maximum atomic E-state index is 12.0. The first-order chi connectivity index (χ1) is 11.0. The first kappa shape index (κ1) is 16.7. The van der Waals surface area contributed by atoms with Crippen LogP contribution in [0.5, 0.6) is 0 Å². The van der Waals surface area contributed by atoms with Crippen molar-refractivity contribution in [1.29, 1.82) is 0 Å². The number of hydrogen-bond donors (Lipinski definition) is 0. The minimum absolute atomic E-state index is 0.152. The van der Waals surface area contributed by atoms with E-state index in [4.69, 9.17) is 0 Å². The summed E-state index contributed by atoms with van der Waals surface area (Å²) in [6, 6.07) is 12.6. The fraction of sp³-hybridized carbons (Fsp3) is 0.444. The van der Waals surface area contributed by atoms with Gasteiger partial charge in [-0.3, -0.25) is 4.90 Å². The number of nitrogens with zero attached hydrogens (tertiary/aromatic N) is 1. The fourth-order valence-electron chi connectivity index (χ4n) is 3.08. The van der Waals surface area contributed by atoms with Crippen molar-refractivity contribution >= 4 is 21.2 Å². The Morgan fingerprint density at radius 1 is 1.17 bits per heavy atom. The zero-order valence-corrected chi connectivity index (χ0v) is 15.3. The SMILES string of the molecule is CCS(=O)(=O)c1ccc(-c2cccc([C@@H](C)N3CCCC3)c2)s1. The molecule has 0 N–H and O–H groups in total. The Hall–Kier alpha value is -1.17. The Morgan fingerprint density at radius 2 is 1.91 bits per heavy atom. The summed E-state index contributed by atoms with van der Waals surface area (Å²) < 4.78 is 24.5. The number of likely N-dealkylation sites (tertiary alicyclic amines) is 1. The summed E-state index contributed by atoms with van der Waals surface area (Å²) in [5.74, 6) is 0.152. The van der Waals surface area contributed by atoms with Gasteiger partial charge in [-0.1, -0.05) is 25.1 Å². The molecule has 1 aromatic carbocycles. The van der Waals surface area contributed by atoms with Crippen LogP contribution >= 0.6 is 11.3 Å². The van der Waals surface area contributed by atoms with E-state index in [1.54, 1.807) is 13.0 Å². The molecule has 5 heteroatoms. The second kappa shape index (κ2) is 6.75. The fourth-order valence-corrected chi connectivity index (χ4v) is 5.50. The van der Waals surface area contributed by atoms with Crippen molar-refractivity contribution in [3.63, 3.8) is 0 Å². The second-order valence-electron chi connectivity index (χ2n) is 6.07. The highest BCUT2D eigenvalue weighted by Gasteiger charge is 2.20. The number of thiophene rings is 1. The van der Waals surface area contributed by atoms with Gasteiger partial charge < -0.3 is 0 Å². The van der Waals surface area contributed by atoms with Gasteiger partial charge in [-0.25, -0.2) is 8.42 Å². The van der Waals surface area contributed by atoms with E-state index in [1.807, 2.05) is 6.07 Å². The van der Waals surface area contributed by atoms with Crippen LogP contribution in [0, 0.1) is 0 Å². The molecule has 1 aliphatic heterocycles. The van der Waals surface area contributed by atoms with Crippen molar-refractivity contribution in [2.45, 2.75) is 36.9 Å². The van der Waals surface area contributed by atoms with Gasteiger partial charge in [-0.2, -0.15) is 0 Å². The summed E-state index contributed by atoms with van der Waals surface area (Å²) in [6.45, 7) is 6.28. The third-order valence-electron chi connectivity index (χ3n) is 4.61. The van der Waals surface area contributed by atoms with Crippen LogP contribution in [-0.4, -0.2) is 32.2 Å². The lowest BCUT2D eigenvalue weighted by atomic mass is 10.0. The molecule has 1 fully saturated rings. The van der Waals surface area contributed by atoms with Gasteiger partial charge in [0.25, 0.3) is 0 Å². The number of sulfone groups is 1. The normalized spacial score (nSPS) is 17.5. The highest BCUT2D eigenvalue weighted by Crippen LogP contribution is 2.33. The van der Waals surface area contributed by atoms with E-state index in [0.717, 1.165) is 10.4 Å². The summed E-state index contributed by atoms with van der Waals surface area (Å²) in [5.41, 5.74) is 2.41. The Kier molecular flexibility index (Phi) is 4.90. The van der Waals surface area contributed by atoms with Gasteiger partial charge in [0.1, 0.15) is 4.21 Å². The Bertz CT molecular complexity index is 774. The van der Waals surface area contributed by atoms with Gasteiger partial charge >= 0.3 is 0 Å².